The van der Waals surface area contributed by atoms with Crippen LogP contribution in [0.5, 0.6) is 0 Å². The molecule has 13 heavy (non-hydrogen) atoms. The molecule has 3 heteroatoms. The van der Waals surface area contributed by atoms with Crippen LogP contribution in [0.3, 0.4) is 0 Å². The van der Waals surface area contributed by atoms with Crippen molar-refractivity contribution in [3.05, 3.63) is 0 Å². The van der Waals surface area contributed by atoms with Gasteiger partial charge in [-0.3, -0.25) is 0 Å². The summed E-state index contributed by atoms with van der Waals surface area (Å²) in [6.45, 7) is 7.39. The smallest absolute Gasteiger partial charge is 0.0195 e. The van der Waals surface area contributed by atoms with Crippen molar-refractivity contribution in [2.45, 2.75) is 25.3 Å². The number of nitrogens with zero attached hydrogens (tertiary/aromatic N) is 1. The fourth-order valence-corrected chi connectivity index (χ4v) is 2.31. The monoisotopic (exact) mass is 183 g/mol. The lowest BCUT2D eigenvalue weighted by Gasteiger charge is -2.23. The predicted octanol–water partition coefficient (Wildman–Crippen LogP) is 0.0337. The summed E-state index contributed by atoms with van der Waals surface area (Å²) in [5.74, 6) is 0. The molecule has 0 amide bonds. The first-order chi connectivity index (χ1) is 6.45. The van der Waals surface area contributed by atoms with Crippen molar-refractivity contribution in [1.29, 1.82) is 0 Å². The van der Waals surface area contributed by atoms with E-state index < -0.39 is 0 Å². The molecule has 0 spiro atoms. The Balaban J connectivity index is 1.71. The van der Waals surface area contributed by atoms with Crippen molar-refractivity contribution in [2.24, 2.45) is 0 Å². The normalized spacial score (nSPS) is 31.8. The van der Waals surface area contributed by atoms with E-state index in [1.54, 1.807) is 0 Å². The lowest BCUT2D eigenvalue weighted by molar-refractivity contribution is 0.265. The zero-order valence-corrected chi connectivity index (χ0v) is 8.39. The number of hydrogen-bond acceptors (Lipinski definition) is 3. The van der Waals surface area contributed by atoms with E-state index in [0.29, 0.717) is 0 Å². The van der Waals surface area contributed by atoms with E-state index in [4.69, 9.17) is 0 Å². The molecule has 0 aliphatic carbocycles. The van der Waals surface area contributed by atoms with E-state index in [1.165, 1.54) is 58.5 Å². The maximum atomic E-state index is 3.56. The van der Waals surface area contributed by atoms with Gasteiger partial charge >= 0.3 is 0 Å². The second-order valence-corrected chi connectivity index (χ2v) is 4.20. The van der Waals surface area contributed by atoms with Gasteiger partial charge in [0.15, 0.2) is 0 Å². The molecule has 2 aliphatic heterocycles. The van der Waals surface area contributed by atoms with Crippen LogP contribution in [0.2, 0.25) is 0 Å². The molecule has 0 radical (unpaired) electrons. The van der Waals surface area contributed by atoms with Gasteiger partial charge < -0.3 is 15.5 Å². The van der Waals surface area contributed by atoms with Gasteiger partial charge in [0.2, 0.25) is 0 Å². The molecule has 2 rings (SSSR count). The Morgan fingerprint density at radius 3 is 2.92 bits per heavy atom. The van der Waals surface area contributed by atoms with Crippen LogP contribution in [0.4, 0.5) is 0 Å². The molecule has 2 fully saturated rings. The van der Waals surface area contributed by atoms with E-state index in [0.717, 1.165) is 6.04 Å². The third-order valence-electron chi connectivity index (χ3n) is 3.07. The number of rotatable bonds is 2. The lowest BCUT2D eigenvalue weighted by Crippen LogP contribution is -2.39. The minimum Gasteiger partial charge on any atom is -0.315 e. The first kappa shape index (κ1) is 9.44. The summed E-state index contributed by atoms with van der Waals surface area (Å²) in [5, 5.41) is 7.00. The molecule has 1 atom stereocenters. The van der Waals surface area contributed by atoms with Crippen molar-refractivity contribution in [3.63, 3.8) is 0 Å². The van der Waals surface area contributed by atoms with Crippen LogP contribution in [-0.2, 0) is 0 Å². The third-order valence-corrected chi connectivity index (χ3v) is 3.07. The number of hydrogen-bond donors (Lipinski definition) is 2. The summed E-state index contributed by atoms with van der Waals surface area (Å²) in [6, 6.07) is 0.776. The topological polar surface area (TPSA) is 27.3 Å². The first-order valence-electron chi connectivity index (χ1n) is 5.61. The van der Waals surface area contributed by atoms with Gasteiger partial charge in [0.05, 0.1) is 0 Å². The van der Waals surface area contributed by atoms with Crippen molar-refractivity contribution in [3.8, 4) is 0 Å². The largest absolute Gasteiger partial charge is 0.315 e. The van der Waals surface area contributed by atoms with Crippen LogP contribution in [0.15, 0.2) is 0 Å². The van der Waals surface area contributed by atoms with Gasteiger partial charge in [-0.15, -0.1) is 0 Å². The van der Waals surface area contributed by atoms with Gasteiger partial charge in [-0.05, 0) is 38.9 Å². The van der Waals surface area contributed by atoms with Gasteiger partial charge in [-0.2, -0.15) is 0 Å². The van der Waals surface area contributed by atoms with Crippen LogP contribution in [-0.4, -0.2) is 50.2 Å². The average Bonchev–Trinajstić information content (AvgIpc) is 2.49. The summed E-state index contributed by atoms with van der Waals surface area (Å²) >= 11 is 0. The van der Waals surface area contributed by atoms with E-state index >= 15 is 0 Å². The summed E-state index contributed by atoms with van der Waals surface area (Å²) in [4.78, 5) is 2.60. The van der Waals surface area contributed by atoms with Crippen molar-refractivity contribution in [2.75, 3.05) is 39.3 Å². The van der Waals surface area contributed by atoms with E-state index in [2.05, 4.69) is 15.5 Å². The zero-order valence-electron chi connectivity index (χ0n) is 8.39. The van der Waals surface area contributed by atoms with Gasteiger partial charge in [0.25, 0.3) is 0 Å². The predicted molar refractivity (Wildman–Crippen MR) is 55.0 cm³/mol. The molecule has 0 saturated carbocycles. The van der Waals surface area contributed by atoms with Gasteiger partial charge in [0, 0.05) is 25.7 Å². The maximum absolute atomic E-state index is 3.56. The summed E-state index contributed by atoms with van der Waals surface area (Å²) in [5.41, 5.74) is 0. The van der Waals surface area contributed by atoms with Crippen LogP contribution < -0.4 is 10.6 Å². The van der Waals surface area contributed by atoms with E-state index in [1.807, 2.05) is 0 Å². The molecule has 2 aliphatic rings. The molecule has 2 heterocycles. The van der Waals surface area contributed by atoms with Crippen LogP contribution >= 0.6 is 0 Å². The fourth-order valence-electron chi connectivity index (χ4n) is 2.31. The molecule has 2 N–H and O–H groups in total. The molecular weight excluding hydrogens is 162 g/mol. The highest BCUT2D eigenvalue weighted by Crippen LogP contribution is 2.07. The van der Waals surface area contributed by atoms with Crippen LogP contribution in [0, 0.1) is 0 Å². The molecule has 3 nitrogen and oxygen atoms in total. The minimum atomic E-state index is 0.776. The van der Waals surface area contributed by atoms with Gasteiger partial charge in [-0.1, -0.05) is 0 Å². The molecule has 0 aromatic heterocycles. The Labute approximate surface area is 80.9 Å². The quantitative estimate of drug-likeness (QED) is 0.633. The standard InChI is InChI=1S/C10H21N3/c1-3-10(12-5-1)9-13-7-2-4-11-6-8-13/h10-12H,1-9H2. The number of nitrogens with one attached hydrogen (secondary N) is 2. The Hall–Kier alpha value is -0.120. The molecule has 0 aromatic rings. The zero-order chi connectivity index (χ0) is 8.93. The second kappa shape index (κ2) is 4.94. The molecule has 2 saturated heterocycles. The summed E-state index contributed by atoms with van der Waals surface area (Å²) < 4.78 is 0. The summed E-state index contributed by atoms with van der Waals surface area (Å²) in [6.07, 6.45) is 4.06. The SMILES string of the molecule is C1CNC(CN2CCCNCC2)C1. The van der Waals surface area contributed by atoms with Crippen molar-refractivity contribution >= 4 is 0 Å². The van der Waals surface area contributed by atoms with Crippen molar-refractivity contribution in [1.82, 2.24) is 15.5 Å². The van der Waals surface area contributed by atoms with E-state index in [-0.39, 0.29) is 0 Å². The molecule has 0 aromatic carbocycles. The Bertz CT molecular complexity index is 135. The lowest BCUT2D eigenvalue weighted by atomic mass is 10.2. The molecule has 76 valence electrons. The Morgan fingerprint density at radius 1 is 1.08 bits per heavy atom. The average molecular weight is 183 g/mol. The first-order valence-corrected chi connectivity index (χ1v) is 5.61. The van der Waals surface area contributed by atoms with Gasteiger partial charge in [0.1, 0.15) is 0 Å². The van der Waals surface area contributed by atoms with Gasteiger partial charge in [-0.25, -0.2) is 0 Å². The summed E-state index contributed by atoms with van der Waals surface area (Å²) in [7, 11) is 0. The highest BCUT2D eigenvalue weighted by molar-refractivity contribution is 4.79. The highest BCUT2D eigenvalue weighted by Gasteiger charge is 2.18. The molecule has 0 bridgehead atoms. The Morgan fingerprint density at radius 2 is 2.08 bits per heavy atom. The third kappa shape index (κ3) is 2.93. The fraction of sp³-hybridized carbons (Fsp3) is 1.00. The Kier molecular flexibility index (Phi) is 3.58. The molecule has 1 unspecified atom stereocenters. The minimum absolute atomic E-state index is 0.776. The maximum Gasteiger partial charge on any atom is 0.0195 e. The van der Waals surface area contributed by atoms with Crippen LogP contribution in [0.1, 0.15) is 19.3 Å². The highest BCUT2D eigenvalue weighted by atomic mass is 15.2. The van der Waals surface area contributed by atoms with Crippen LogP contribution in [0.25, 0.3) is 0 Å². The van der Waals surface area contributed by atoms with Crippen molar-refractivity contribution < 1.29 is 0 Å². The molecular formula is C10H21N3. The second-order valence-electron chi connectivity index (χ2n) is 4.20. The van der Waals surface area contributed by atoms with E-state index in [9.17, 15) is 0 Å².